The van der Waals surface area contributed by atoms with E-state index < -0.39 is 0 Å². The first-order chi connectivity index (χ1) is 15.4. The summed E-state index contributed by atoms with van der Waals surface area (Å²) in [5.74, 6) is -0.158. The van der Waals surface area contributed by atoms with Crippen LogP contribution in [0.2, 0.25) is 5.02 Å². The van der Waals surface area contributed by atoms with Crippen LogP contribution in [0.4, 0.5) is 0 Å². The molecule has 1 N–H and O–H groups in total. The second-order valence-electron chi connectivity index (χ2n) is 7.95. The third-order valence-corrected chi connectivity index (χ3v) is 6.20. The van der Waals surface area contributed by atoms with Gasteiger partial charge in [-0.15, -0.1) is 0 Å². The molecule has 0 unspecified atom stereocenters. The Morgan fingerprint density at radius 3 is 2.28 bits per heavy atom. The Balaban J connectivity index is 1.43. The van der Waals surface area contributed by atoms with E-state index >= 15 is 0 Å². The van der Waals surface area contributed by atoms with Crippen molar-refractivity contribution in [2.45, 2.75) is 19.4 Å². The number of amides is 1. The van der Waals surface area contributed by atoms with Gasteiger partial charge in [-0.25, -0.2) is 0 Å². The monoisotopic (exact) mass is 450 g/mol. The molecule has 1 aliphatic rings. The molecule has 0 bridgehead atoms. The van der Waals surface area contributed by atoms with Gasteiger partial charge in [0.15, 0.2) is 5.78 Å². The summed E-state index contributed by atoms with van der Waals surface area (Å²) >= 11 is 6.21. The van der Waals surface area contributed by atoms with Crippen LogP contribution in [-0.4, -0.2) is 39.4 Å². The molecule has 1 aliphatic heterocycles. The number of aromatic hydroxyl groups is 1. The molecule has 1 saturated heterocycles. The molecular formula is C25H23ClN2O4. The van der Waals surface area contributed by atoms with Crippen molar-refractivity contribution in [3.05, 3.63) is 98.9 Å². The largest absolute Gasteiger partial charge is 0.508 e. The van der Waals surface area contributed by atoms with Crippen molar-refractivity contribution >= 4 is 23.3 Å². The lowest BCUT2D eigenvalue weighted by Gasteiger charge is -2.31. The SMILES string of the molecule is O=C(c1ccc(O)cc1)C1CCN(C(=O)c2ccc(=O)n(Cc3ccccc3Cl)c2)CC1. The molecule has 0 spiro atoms. The summed E-state index contributed by atoms with van der Waals surface area (Å²) < 4.78 is 1.48. The molecule has 164 valence electrons. The predicted molar refractivity (Wildman–Crippen MR) is 122 cm³/mol. The molecule has 1 amide bonds. The quantitative estimate of drug-likeness (QED) is 0.596. The maximum absolute atomic E-state index is 13.0. The fraction of sp³-hybridized carbons (Fsp3) is 0.240. The van der Waals surface area contributed by atoms with E-state index in [1.54, 1.807) is 35.4 Å². The molecule has 3 aromatic rings. The Labute approximate surface area is 190 Å². The summed E-state index contributed by atoms with van der Waals surface area (Å²) in [6.07, 6.45) is 2.72. The number of hydrogen-bond donors (Lipinski definition) is 1. The van der Waals surface area contributed by atoms with Gasteiger partial charge in [-0.1, -0.05) is 29.8 Å². The molecule has 0 radical (unpaired) electrons. The van der Waals surface area contributed by atoms with Gasteiger partial charge in [0.1, 0.15) is 5.75 Å². The average molecular weight is 451 g/mol. The minimum Gasteiger partial charge on any atom is -0.508 e. The van der Waals surface area contributed by atoms with Gasteiger partial charge in [0.05, 0.1) is 12.1 Å². The Morgan fingerprint density at radius 1 is 0.938 bits per heavy atom. The standard InChI is InChI=1S/C25H23ClN2O4/c26-22-4-2-1-3-19(22)15-28-16-20(7-10-23(28)30)25(32)27-13-11-18(12-14-27)24(31)17-5-8-21(29)9-6-17/h1-10,16,18,29H,11-15H2. The summed E-state index contributed by atoms with van der Waals surface area (Å²) in [6.45, 7) is 1.22. The Kier molecular flexibility index (Phi) is 6.42. The second kappa shape index (κ2) is 9.40. The number of rotatable bonds is 5. The summed E-state index contributed by atoms with van der Waals surface area (Å²) in [5.41, 5.74) is 1.59. The maximum atomic E-state index is 13.0. The summed E-state index contributed by atoms with van der Waals surface area (Å²) in [5, 5.41) is 9.97. The molecule has 0 saturated carbocycles. The topological polar surface area (TPSA) is 79.6 Å². The molecule has 4 rings (SSSR count). The highest BCUT2D eigenvalue weighted by Crippen LogP contribution is 2.24. The number of nitrogens with zero attached hydrogens (tertiary/aromatic N) is 2. The number of carbonyl (C=O) groups is 2. The van der Waals surface area contributed by atoms with E-state index in [-0.39, 0.29) is 35.5 Å². The highest BCUT2D eigenvalue weighted by atomic mass is 35.5. The van der Waals surface area contributed by atoms with Gasteiger partial charge < -0.3 is 14.6 Å². The number of likely N-dealkylation sites (tertiary alicyclic amines) is 1. The van der Waals surface area contributed by atoms with E-state index in [4.69, 9.17) is 11.6 Å². The molecular weight excluding hydrogens is 428 g/mol. The Bertz CT molecular complexity index is 1200. The number of piperidine rings is 1. The van der Waals surface area contributed by atoms with Gasteiger partial charge in [-0.3, -0.25) is 14.4 Å². The lowest BCUT2D eigenvalue weighted by molar-refractivity contribution is 0.0649. The number of hydrogen-bond acceptors (Lipinski definition) is 4. The number of carbonyl (C=O) groups excluding carboxylic acids is 2. The van der Waals surface area contributed by atoms with E-state index in [2.05, 4.69) is 0 Å². The number of Topliss-reactive ketones (excluding diaryl/α,β-unsaturated/α-hetero) is 1. The zero-order chi connectivity index (χ0) is 22.7. The van der Waals surface area contributed by atoms with Crippen LogP contribution in [0.5, 0.6) is 5.75 Å². The van der Waals surface area contributed by atoms with Crippen molar-refractivity contribution in [2.75, 3.05) is 13.1 Å². The smallest absolute Gasteiger partial charge is 0.255 e. The van der Waals surface area contributed by atoms with E-state index in [9.17, 15) is 19.5 Å². The molecule has 1 aromatic heterocycles. The third-order valence-electron chi connectivity index (χ3n) is 5.83. The van der Waals surface area contributed by atoms with Crippen LogP contribution in [0.25, 0.3) is 0 Å². The van der Waals surface area contributed by atoms with Crippen LogP contribution in [-0.2, 0) is 6.54 Å². The van der Waals surface area contributed by atoms with Crippen molar-refractivity contribution in [3.8, 4) is 5.75 Å². The molecule has 0 aliphatic carbocycles. The van der Waals surface area contributed by atoms with Crippen LogP contribution < -0.4 is 5.56 Å². The number of aromatic nitrogens is 1. The van der Waals surface area contributed by atoms with Gasteiger partial charge in [0, 0.05) is 41.9 Å². The molecule has 6 nitrogen and oxygen atoms in total. The molecule has 7 heteroatoms. The molecule has 2 aromatic carbocycles. The van der Waals surface area contributed by atoms with Gasteiger partial charge >= 0.3 is 0 Å². The van der Waals surface area contributed by atoms with Crippen molar-refractivity contribution in [1.82, 2.24) is 9.47 Å². The number of ketones is 1. The van der Waals surface area contributed by atoms with Crippen LogP contribution in [0.3, 0.4) is 0 Å². The minimum atomic E-state index is -0.209. The van der Waals surface area contributed by atoms with Crippen molar-refractivity contribution < 1.29 is 14.7 Å². The first-order valence-electron chi connectivity index (χ1n) is 10.5. The second-order valence-corrected chi connectivity index (χ2v) is 8.36. The molecule has 1 fully saturated rings. The van der Waals surface area contributed by atoms with Crippen molar-refractivity contribution in [3.63, 3.8) is 0 Å². The van der Waals surface area contributed by atoms with Crippen LogP contribution in [0, 0.1) is 5.92 Å². The number of benzene rings is 2. The fourth-order valence-electron chi connectivity index (χ4n) is 3.98. The van der Waals surface area contributed by atoms with Crippen molar-refractivity contribution in [1.29, 1.82) is 0 Å². The van der Waals surface area contributed by atoms with E-state index in [0.717, 1.165) is 5.56 Å². The fourth-order valence-corrected chi connectivity index (χ4v) is 4.18. The highest BCUT2D eigenvalue weighted by Gasteiger charge is 2.28. The lowest BCUT2D eigenvalue weighted by atomic mass is 9.88. The van der Waals surface area contributed by atoms with E-state index in [1.165, 1.54) is 22.8 Å². The number of phenolic OH excluding ortho intramolecular Hbond substituents is 1. The summed E-state index contributed by atoms with van der Waals surface area (Å²) in [4.78, 5) is 39.8. The van der Waals surface area contributed by atoms with Gasteiger partial charge in [-0.05, 0) is 54.8 Å². The summed E-state index contributed by atoms with van der Waals surface area (Å²) in [7, 11) is 0. The van der Waals surface area contributed by atoms with Crippen LogP contribution in [0.1, 0.15) is 39.1 Å². The lowest BCUT2D eigenvalue weighted by Crippen LogP contribution is -2.40. The van der Waals surface area contributed by atoms with E-state index in [1.807, 2.05) is 18.2 Å². The zero-order valence-electron chi connectivity index (χ0n) is 17.4. The highest BCUT2D eigenvalue weighted by molar-refractivity contribution is 6.31. The minimum absolute atomic E-state index is 0.0328. The van der Waals surface area contributed by atoms with Gasteiger partial charge in [-0.2, -0.15) is 0 Å². The number of pyridine rings is 1. The maximum Gasteiger partial charge on any atom is 0.255 e. The van der Waals surface area contributed by atoms with Crippen LogP contribution in [0.15, 0.2) is 71.7 Å². The first kappa shape index (κ1) is 21.8. The predicted octanol–water partition coefficient (Wildman–Crippen LogP) is 3.99. The molecule has 2 heterocycles. The number of phenols is 1. The van der Waals surface area contributed by atoms with E-state index in [0.29, 0.717) is 42.1 Å². The molecule has 0 atom stereocenters. The first-order valence-corrected chi connectivity index (χ1v) is 10.9. The summed E-state index contributed by atoms with van der Waals surface area (Å²) in [6, 6.07) is 16.5. The average Bonchev–Trinajstić information content (AvgIpc) is 2.81. The van der Waals surface area contributed by atoms with Gasteiger partial charge in [0.2, 0.25) is 0 Å². The van der Waals surface area contributed by atoms with Crippen LogP contribution >= 0.6 is 11.6 Å². The molecule has 32 heavy (non-hydrogen) atoms. The zero-order valence-corrected chi connectivity index (χ0v) is 18.2. The Morgan fingerprint density at radius 2 is 1.59 bits per heavy atom. The normalized spacial score (nSPS) is 14.3. The van der Waals surface area contributed by atoms with Crippen molar-refractivity contribution in [2.24, 2.45) is 5.92 Å². The van der Waals surface area contributed by atoms with Gasteiger partial charge in [0.25, 0.3) is 11.5 Å². The number of halogens is 1. The Hall–Kier alpha value is -3.38. The third kappa shape index (κ3) is 4.75.